The maximum absolute atomic E-state index is 13.1. The average Bonchev–Trinajstić information content (AvgIpc) is 2.80. The lowest BCUT2D eigenvalue weighted by molar-refractivity contribution is -0.143. The third-order valence-electron chi connectivity index (χ3n) is 5.15. The van der Waals surface area contributed by atoms with Crippen molar-refractivity contribution < 1.29 is 34.2 Å². The predicted molar refractivity (Wildman–Crippen MR) is 141 cm³/mol. The summed E-state index contributed by atoms with van der Waals surface area (Å²) in [5.41, 5.74) is 16.6. The Morgan fingerprint density at radius 2 is 1.43 bits per heavy atom. The fourth-order valence-corrected chi connectivity index (χ4v) is 3.69. The summed E-state index contributed by atoms with van der Waals surface area (Å²) in [6, 6.07) is -4.45. The molecule has 0 rings (SSSR count). The first-order valence-electron chi connectivity index (χ1n) is 11.9. The molecule has 0 heterocycles. The van der Waals surface area contributed by atoms with Gasteiger partial charge in [0.05, 0.1) is 6.04 Å². The highest BCUT2D eigenvalue weighted by atomic mass is 32.2. The highest BCUT2D eigenvalue weighted by molar-refractivity contribution is 7.98. The lowest BCUT2D eigenvalue weighted by atomic mass is 10.0. The van der Waals surface area contributed by atoms with E-state index in [0.29, 0.717) is 18.6 Å². The number of aliphatic imine (C=N–C) groups is 1. The van der Waals surface area contributed by atoms with E-state index in [1.54, 1.807) is 0 Å². The first kappa shape index (κ1) is 33.9. The van der Waals surface area contributed by atoms with Gasteiger partial charge in [-0.15, -0.1) is 0 Å². The number of hydrogen-bond acceptors (Lipinski definition) is 8. The Morgan fingerprint density at radius 3 is 1.95 bits per heavy atom. The second-order valence-corrected chi connectivity index (χ2v) is 9.91. The normalized spacial score (nSPS) is 14.1. The highest BCUT2D eigenvalue weighted by Crippen LogP contribution is 2.09. The number of carbonyl (C=O) groups excluding carboxylic acids is 3. The summed E-state index contributed by atoms with van der Waals surface area (Å²) in [6.07, 6.45) is 2.16. The van der Waals surface area contributed by atoms with Crippen LogP contribution in [0.15, 0.2) is 4.99 Å². The van der Waals surface area contributed by atoms with Crippen molar-refractivity contribution >= 4 is 47.4 Å². The van der Waals surface area contributed by atoms with E-state index in [0.717, 1.165) is 0 Å². The van der Waals surface area contributed by atoms with Crippen LogP contribution in [0.4, 0.5) is 0 Å². The number of aliphatic carboxylic acids is 2. The molecule has 0 radical (unpaired) electrons. The van der Waals surface area contributed by atoms with E-state index in [2.05, 4.69) is 20.9 Å². The first-order valence-corrected chi connectivity index (χ1v) is 13.3. The average molecular weight is 548 g/mol. The van der Waals surface area contributed by atoms with Crippen molar-refractivity contribution in [2.24, 2.45) is 28.1 Å². The number of carboxylic acid groups (broad SMARTS) is 2. The van der Waals surface area contributed by atoms with Crippen molar-refractivity contribution in [3.8, 4) is 0 Å². The van der Waals surface area contributed by atoms with Gasteiger partial charge >= 0.3 is 11.9 Å². The minimum Gasteiger partial charge on any atom is -0.481 e. The van der Waals surface area contributed by atoms with Crippen molar-refractivity contribution in [3.63, 3.8) is 0 Å². The van der Waals surface area contributed by atoms with Crippen molar-refractivity contribution in [2.75, 3.05) is 18.6 Å². The van der Waals surface area contributed by atoms with Gasteiger partial charge < -0.3 is 43.4 Å². The van der Waals surface area contributed by atoms with Gasteiger partial charge in [-0.3, -0.25) is 24.2 Å². The van der Waals surface area contributed by atoms with Gasteiger partial charge in [-0.05, 0) is 50.0 Å². The minimum atomic E-state index is -1.44. The van der Waals surface area contributed by atoms with E-state index in [9.17, 15) is 29.1 Å². The maximum Gasteiger partial charge on any atom is 0.326 e. The number of amides is 3. The summed E-state index contributed by atoms with van der Waals surface area (Å²) < 4.78 is 0. The molecule has 0 spiro atoms. The summed E-state index contributed by atoms with van der Waals surface area (Å²) in [4.78, 5) is 64.8. The third kappa shape index (κ3) is 15.6. The van der Waals surface area contributed by atoms with Gasteiger partial charge in [0.2, 0.25) is 17.7 Å². The van der Waals surface area contributed by atoms with Gasteiger partial charge in [0.1, 0.15) is 18.1 Å². The Bertz CT molecular complexity index is 806. The molecule has 37 heavy (non-hydrogen) atoms. The van der Waals surface area contributed by atoms with Crippen LogP contribution in [0.25, 0.3) is 0 Å². The third-order valence-corrected chi connectivity index (χ3v) is 5.79. The number of carbonyl (C=O) groups is 5. The highest BCUT2D eigenvalue weighted by Gasteiger charge is 2.30. The number of nitrogens with zero attached hydrogens (tertiary/aromatic N) is 1. The van der Waals surface area contributed by atoms with Crippen LogP contribution in [-0.2, 0) is 24.0 Å². The molecule has 0 aromatic heterocycles. The summed E-state index contributed by atoms with van der Waals surface area (Å²) in [5, 5.41) is 25.7. The van der Waals surface area contributed by atoms with Crippen molar-refractivity contribution in [1.82, 2.24) is 16.0 Å². The van der Waals surface area contributed by atoms with Crippen LogP contribution in [0.1, 0.15) is 52.4 Å². The Hall–Kier alpha value is -3.07. The van der Waals surface area contributed by atoms with Crippen LogP contribution in [0, 0.1) is 5.92 Å². The molecule has 0 aliphatic rings. The molecule has 0 saturated carbocycles. The van der Waals surface area contributed by atoms with Crippen LogP contribution in [0.2, 0.25) is 0 Å². The smallest absolute Gasteiger partial charge is 0.326 e. The molecule has 0 aliphatic carbocycles. The molecular formula is C22H41N7O7S. The summed E-state index contributed by atoms with van der Waals surface area (Å²) in [5.74, 6) is -4.09. The van der Waals surface area contributed by atoms with E-state index in [4.69, 9.17) is 22.3 Å². The zero-order chi connectivity index (χ0) is 28.5. The van der Waals surface area contributed by atoms with Crippen LogP contribution in [-0.4, -0.2) is 88.6 Å². The number of hydrogen-bond donors (Lipinski definition) is 8. The van der Waals surface area contributed by atoms with E-state index in [-0.39, 0.29) is 37.7 Å². The van der Waals surface area contributed by atoms with E-state index in [1.165, 1.54) is 11.8 Å². The largest absolute Gasteiger partial charge is 0.481 e. The monoisotopic (exact) mass is 547 g/mol. The molecule has 0 aliphatic heterocycles. The van der Waals surface area contributed by atoms with Crippen LogP contribution in [0.5, 0.6) is 0 Å². The molecule has 0 bridgehead atoms. The van der Waals surface area contributed by atoms with Crippen LogP contribution >= 0.6 is 11.8 Å². The molecular weight excluding hydrogens is 506 g/mol. The standard InChI is InChI=1S/C22H41N7O7S/c1-12(2)11-16(20(34)28-15(21(35)36)6-7-17(30)31)29-19(33)14(5-4-9-26-22(24)25)27-18(32)13(23)8-10-37-3/h12-16H,4-11,23H2,1-3H3,(H,27,32)(H,28,34)(H,29,33)(H,30,31)(H,35,36)(H4,24,25,26). The Morgan fingerprint density at radius 1 is 0.865 bits per heavy atom. The van der Waals surface area contributed by atoms with E-state index >= 15 is 0 Å². The molecule has 3 amide bonds. The van der Waals surface area contributed by atoms with Crippen molar-refractivity contribution in [3.05, 3.63) is 0 Å². The van der Waals surface area contributed by atoms with Crippen LogP contribution < -0.4 is 33.2 Å². The number of guanidine groups is 1. The number of nitrogens with one attached hydrogen (secondary N) is 3. The van der Waals surface area contributed by atoms with Gasteiger partial charge in [-0.25, -0.2) is 4.79 Å². The van der Waals surface area contributed by atoms with Gasteiger partial charge in [-0.1, -0.05) is 13.8 Å². The van der Waals surface area contributed by atoms with Gasteiger partial charge in [-0.2, -0.15) is 11.8 Å². The molecule has 4 unspecified atom stereocenters. The van der Waals surface area contributed by atoms with Crippen molar-refractivity contribution in [1.29, 1.82) is 0 Å². The SMILES string of the molecule is CSCCC(N)C(=O)NC(CCCN=C(N)N)C(=O)NC(CC(C)C)C(=O)NC(CCC(=O)O)C(=O)O. The number of thioether (sulfide) groups is 1. The predicted octanol–water partition coefficient (Wildman–Crippen LogP) is -1.43. The first-order chi connectivity index (χ1) is 17.3. The fraction of sp³-hybridized carbons (Fsp3) is 0.727. The minimum absolute atomic E-state index is 0.0618. The second-order valence-electron chi connectivity index (χ2n) is 8.92. The number of rotatable bonds is 19. The zero-order valence-corrected chi connectivity index (χ0v) is 22.4. The molecule has 0 aromatic carbocycles. The lowest BCUT2D eigenvalue weighted by Crippen LogP contribution is -2.57. The van der Waals surface area contributed by atoms with Gasteiger partial charge in [0.25, 0.3) is 0 Å². The van der Waals surface area contributed by atoms with E-state index in [1.807, 2.05) is 20.1 Å². The maximum atomic E-state index is 13.1. The molecule has 212 valence electrons. The van der Waals surface area contributed by atoms with Crippen LogP contribution in [0.3, 0.4) is 0 Å². The fourth-order valence-electron chi connectivity index (χ4n) is 3.20. The Kier molecular flexibility index (Phi) is 16.7. The Labute approximate surface area is 220 Å². The number of carboxylic acids is 2. The van der Waals surface area contributed by atoms with Crippen molar-refractivity contribution in [2.45, 2.75) is 76.5 Å². The quantitative estimate of drug-likeness (QED) is 0.0528. The van der Waals surface area contributed by atoms with Gasteiger partial charge in [0, 0.05) is 13.0 Å². The lowest BCUT2D eigenvalue weighted by Gasteiger charge is -2.26. The zero-order valence-electron chi connectivity index (χ0n) is 21.6. The summed E-state index contributed by atoms with van der Waals surface area (Å²) in [6.45, 7) is 3.83. The number of nitrogens with two attached hydrogens (primary N) is 3. The molecule has 0 aromatic rings. The summed E-state index contributed by atoms with van der Waals surface area (Å²) in [7, 11) is 0. The second kappa shape index (κ2) is 18.2. The molecule has 4 atom stereocenters. The van der Waals surface area contributed by atoms with E-state index < -0.39 is 60.2 Å². The molecule has 11 N–H and O–H groups in total. The molecule has 15 heteroatoms. The Balaban J connectivity index is 5.59. The molecule has 14 nitrogen and oxygen atoms in total. The topological polar surface area (TPSA) is 252 Å². The van der Waals surface area contributed by atoms with Gasteiger partial charge in [0.15, 0.2) is 5.96 Å². The summed E-state index contributed by atoms with van der Waals surface area (Å²) >= 11 is 1.52. The molecule has 0 saturated heterocycles. The molecule has 0 fully saturated rings.